The Bertz CT molecular complexity index is 788. The van der Waals surface area contributed by atoms with Gasteiger partial charge in [-0.2, -0.15) is 0 Å². The van der Waals surface area contributed by atoms with Crippen LogP contribution in [0.4, 0.5) is 0 Å². The van der Waals surface area contributed by atoms with Crippen LogP contribution >= 0.6 is 0 Å². The molecule has 0 saturated carbocycles. The number of hydrogen-bond donors (Lipinski definition) is 0. The van der Waals surface area contributed by atoms with Crippen LogP contribution in [-0.4, -0.2) is 38.3 Å². The molecule has 1 aliphatic heterocycles. The Balaban J connectivity index is 1.81. The summed E-state index contributed by atoms with van der Waals surface area (Å²) in [5.74, 6) is 0. The topological polar surface area (TPSA) is 40.6 Å². The third-order valence-corrected chi connectivity index (χ3v) is 6.42. The Labute approximate surface area is 144 Å². The Kier molecular flexibility index (Phi) is 5.04. The van der Waals surface area contributed by atoms with Crippen LogP contribution in [0.3, 0.4) is 0 Å². The average Bonchev–Trinajstić information content (AvgIpc) is 3.04. The first kappa shape index (κ1) is 17.1. The lowest BCUT2D eigenvalue weighted by molar-refractivity contribution is 0.248. The number of likely N-dealkylation sites (tertiary alicyclic amines) is 1. The first-order chi connectivity index (χ1) is 11.5. The lowest BCUT2D eigenvalue weighted by Gasteiger charge is -2.25. The Morgan fingerprint density at radius 1 is 1.08 bits per heavy atom. The van der Waals surface area contributed by atoms with Crippen molar-refractivity contribution in [3.63, 3.8) is 0 Å². The molecule has 0 N–H and O–H groups in total. The van der Waals surface area contributed by atoms with Crippen molar-refractivity contribution < 1.29 is 8.42 Å². The zero-order valence-electron chi connectivity index (χ0n) is 14.2. The van der Waals surface area contributed by atoms with Gasteiger partial charge in [-0.3, -0.25) is 4.90 Å². The van der Waals surface area contributed by atoms with Gasteiger partial charge in [0.15, 0.2) is 0 Å². The first-order valence-electron chi connectivity index (χ1n) is 8.29. The highest BCUT2D eigenvalue weighted by Gasteiger charge is 2.26. The van der Waals surface area contributed by atoms with Crippen molar-refractivity contribution in [2.75, 3.05) is 20.6 Å². The Morgan fingerprint density at radius 3 is 2.54 bits per heavy atom. The monoisotopic (exact) mass is 344 g/mol. The molecule has 0 aliphatic carbocycles. The summed E-state index contributed by atoms with van der Waals surface area (Å²) in [5.41, 5.74) is 2.38. The summed E-state index contributed by atoms with van der Waals surface area (Å²) in [6.45, 7) is 1.82. The highest BCUT2D eigenvalue weighted by atomic mass is 32.2. The molecule has 24 heavy (non-hydrogen) atoms. The molecule has 1 atom stereocenters. The van der Waals surface area contributed by atoms with Gasteiger partial charge in [0.1, 0.15) is 0 Å². The van der Waals surface area contributed by atoms with Crippen molar-refractivity contribution in [1.82, 2.24) is 9.21 Å². The van der Waals surface area contributed by atoms with E-state index in [9.17, 15) is 8.42 Å². The number of benzene rings is 2. The van der Waals surface area contributed by atoms with E-state index in [1.165, 1.54) is 16.3 Å². The lowest BCUT2D eigenvalue weighted by atomic mass is 10.0. The molecule has 0 spiro atoms. The van der Waals surface area contributed by atoms with Gasteiger partial charge >= 0.3 is 0 Å². The van der Waals surface area contributed by atoms with E-state index >= 15 is 0 Å². The van der Waals surface area contributed by atoms with E-state index in [2.05, 4.69) is 29.2 Å². The number of hydrogen-bond acceptors (Lipinski definition) is 3. The van der Waals surface area contributed by atoms with Crippen LogP contribution < -0.4 is 0 Å². The molecule has 4 nitrogen and oxygen atoms in total. The molecule has 1 heterocycles. The van der Waals surface area contributed by atoms with Gasteiger partial charge in [-0.15, -0.1) is 0 Å². The molecule has 0 radical (unpaired) electrons. The van der Waals surface area contributed by atoms with Gasteiger partial charge in [-0.05, 0) is 42.6 Å². The van der Waals surface area contributed by atoms with Gasteiger partial charge in [-0.1, -0.05) is 42.5 Å². The van der Waals surface area contributed by atoms with Crippen LogP contribution in [0, 0.1) is 0 Å². The summed E-state index contributed by atoms with van der Waals surface area (Å²) in [4.78, 5) is 2.80. The maximum atomic E-state index is 12.3. The van der Waals surface area contributed by atoms with Crippen LogP contribution in [0.1, 0.15) is 30.0 Å². The molecule has 1 aliphatic rings. The second-order valence-electron chi connectivity index (χ2n) is 6.47. The highest BCUT2D eigenvalue weighted by Crippen LogP contribution is 2.33. The summed E-state index contributed by atoms with van der Waals surface area (Å²) in [7, 11) is -0.257. The summed E-state index contributed by atoms with van der Waals surface area (Å²) in [5, 5.41) is 0. The maximum Gasteiger partial charge on any atom is 0.242 e. The lowest BCUT2D eigenvalue weighted by Crippen LogP contribution is -2.24. The molecule has 128 valence electrons. The predicted molar refractivity (Wildman–Crippen MR) is 96.1 cm³/mol. The van der Waals surface area contributed by atoms with Crippen molar-refractivity contribution in [3.8, 4) is 0 Å². The van der Waals surface area contributed by atoms with E-state index in [1.54, 1.807) is 26.2 Å². The summed E-state index contributed by atoms with van der Waals surface area (Å²) < 4.78 is 25.9. The largest absolute Gasteiger partial charge is 0.292 e. The predicted octanol–water partition coefficient (Wildman–Crippen LogP) is 3.27. The average molecular weight is 344 g/mol. The van der Waals surface area contributed by atoms with Crippen molar-refractivity contribution >= 4 is 10.0 Å². The fraction of sp³-hybridized carbons (Fsp3) is 0.368. The SMILES string of the molecule is CN(C)S(=O)(=O)c1cccc(CN2CCCC2c2ccccc2)c1. The fourth-order valence-electron chi connectivity index (χ4n) is 3.32. The Hall–Kier alpha value is -1.69. The van der Waals surface area contributed by atoms with Crippen LogP contribution in [0.25, 0.3) is 0 Å². The molecule has 3 rings (SSSR count). The molecule has 1 fully saturated rings. The zero-order valence-corrected chi connectivity index (χ0v) is 15.0. The minimum Gasteiger partial charge on any atom is -0.292 e. The van der Waals surface area contributed by atoms with Crippen LogP contribution in [0.2, 0.25) is 0 Å². The van der Waals surface area contributed by atoms with Crippen molar-refractivity contribution in [2.45, 2.75) is 30.3 Å². The van der Waals surface area contributed by atoms with Gasteiger partial charge in [0.25, 0.3) is 0 Å². The van der Waals surface area contributed by atoms with Crippen LogP contribution in [0.15, 0.2) is 59.5 Å². The van der Waals surface area contributed by atoms with E-state index in [0.717, 1.165) is 25.1 Å². The second kappa shape index (κ2) is 7.05. The van der Waals surface area contributed by atoms with E-state index in [0.29, 0.717) is 10.9 Å². The molecule has 2 aromatic rings. The van der Waals surface area contributed by atoms with Crippen LogP contribution in [0.5, 0.6) is 0 Å². The molecule has 0 aromatic heterocycles. The molecule has 0 amide bonds. The van der Waals surface area contributed by atoms with Crippen LogP contribution in [-0.2, 0) is 16.6 Å². The molecule has 2 aromatic carbocycles. The quantitative estimate of drug-likeness (QED) is 0.836. The smallest absolute Gasteiger partial charge is 0.242 e. The summed E-state index contributed by atoms with van der Waals surface area (Å²) in [6, 6.07) is 18.3. The fourth-order valence-corrected chi connectivity index (χ4v) is 4.29. The summed E-state index contributed by atoms with van der Waals surface area (Å²) >= 11 is 0. The number of sulfonamides is 1. The van der Waals surface area contributed by atoms with Crippen molar-refractivity contribution in [1.29, 1.82) is 0 Å². The zero-order chi connectivity index (χ0) is 17.2. The Morgan fingerprint density at radius 2 is 1.83 bits per heavy atom. The van der Waals surface area contributed by atoms with Gasteiger partial charge in [0.2, 0.25) is 10.0 Å². The second-order valence-corrected chi connectivity index (χ2v) is 8.63. The third-order valence-electron chi connectivity index (χ3n) is 4.61. The van der Waals surface area contributed by atoms with E-state index < -0.39 is 10.0 Å². The molecule has 1 unspecified atom stereocenters. The van der Waals surface area contributed by atoms with Gasteiger partial charge in [0, 0.05) is 26.7 Å². The minimum absolute atomic E-state index is 0.362. The first-order valence-corrected chi connectivity index (χ1v) is 9.73. The van der Waals surface area contributed by atoms with E-state index in [4.69, 9.17) is 0 Å². The number of nitrogens with zero attached hydrogens (tertiary/aromatic N) is 2. The van der Waals surface area contributed by atoms with Gasteiger partial charge in [-0.25, -0.2) is 12.7 Å². The normalized spacial score (nSPS) is 19.0. The van der Waals surface area contributed by atoms with Crippen molar-refractivity contribution in [3.05, 3.63) is 65.7 Å². The highest BCUT2D eigenvalue weighted by molar-refractivity contribution is 7.89. The molecule has 0 bridgehead atoms. The number of rotatable bonds is 5. The van der Waals surface area contributed by atoms with Gasteiger partial charge < -0.3 is 0 Å². The van der Waals surface area contributed by atoms with E-state index in [1.807, 2.05) is 18.2 Å². The standard InChI is InChI=1S/C19H24N2O2S/c1-20(2)24(22,23)18-11-6-8-16(14-18)15-21-13-7-12-19(21)17-9-4-3-5-10-17/h3-6,8-11,14,19H,7,12-13,15H2,1-2H3. The molecule has 5 heteroatoms. The third kappa shape index (κ3) is 3.53. The van der Waals surface area contributed by atoms with Gasteiger partial charge in [0.05, 0.1) is 4.90 Å². The summed E-state index contributed by atoms with van der Waals surface area (Å²) in [6.07, 6.45) is 2.33. The van der Waals surface area contributed by atoms with Crippen molar-refractivity contribution in [2.24, 2.45) is 0 Å². The molecular weight excluding hydrogens is 320 g/mol. The minimum atomic E-state index is -3.38. The molecule has 1 saturated heterocycles. The maximum absolute atomic E-state index is 12.3. The molecular formula is C19H24N2O2S. The van der Waals surface area contributed by atoms with E-state index in [-0.39, 0.29) is 0 Å².